The van der Waals surface area contributed by atoms with Crippen LogP contribution in [0.2, 0.25) is 5.02 Å². The Kier molecular flexibility index (Phi) is 4.11. The van der Waals surface area contributed by atoms with Crippen LogP contribution < -0.4 is 4.74 Å². The fourth-order valence-electron chi connectivity index (χ4n) is 2.27. The molecule has 6 nitrogen and oxygen atoms in total. The van der Waals surface area contributed by atoms with Crippen molar-refractivity contribution in [3.05, 3.63) is 53.3 Å². The summed E-state index contributed by atoms with van der Waals surface area (Å²) >= 11 is 6.09. The van der Waals surface area contributed by atoms with Crippen LogP contribution in [0.25, 0.3) is 5.69 Å². The number of rotatable bonds is 5. The van der Waals surface area contributed by atoms with Gasteiger partial charge in [-0.05, 0) is 30.7 Å². The van der Waals surface area contributed by atoms with Crippen molar-refractivity contribution in [2.24, 2.45) is 0 Å². The van der Waals surface area contributed by atoms with E-state index in [1.54, 1.807) is 17.9 Å². The van der Waals surface area contributed by atoms with Crippen molar-refractivity contribution >= 4 is 11.6 Å². The van der Waals surface area contributed by atoms with Gasteiger partial charge in [0, 0.05) is 24.2 Å². The van der Waals surface area contributed by atoms with Gasteiger partial charge >= 0.3 is 0 Å². The number of hydrogen-bond acceptors (Lipinski definition) is 4. The lowest BCUT2D eigenvalue weighted by Crippen LogP contribution is -2.09. The van der Waals surface area contributed by atoms with E-state index in [4.69, 9.17) is 16.3 Å². The Hall–Kier alpha value is -2.34. The van der Waals surface area contributed by atoms with Crippen molar-refractivity contribution in [1.29, 1.82) is 0 Å². The van der Waals surface area contributed by atoms with Gasteiger partial charge < -0.3 is 4.74 Å². The van der Waals surface area contributed by atoms with Crippen LogP contribution >= 0.6 is 11.6 Å². The minimum Gasteiger partial charge on any atom is -0.494 e. The van der Waals surface area contributed by atoms with Gasteiger partial charge in [0.25, 0.3) is 0 Å². The molecule has 0 aliphatic heterocycles. The zero-order chi connectivity index (χ0) is 15.5. The van der Waals surface area contributed by atoms with E-state index in [1.807, 2.05) is 36.1 Å². The van der Waals surface area contributed by atoms with Crippen LogP contribution in [0.3, 0.4) is 0 Å². The summed E-state index contributed by atoms with van der Waals surface area (Å²) in [5, 5.41) is 9.19. The summed E-state index contributed by atoms with van der Waals surface area (Å²) in [6.45, 7) is 2.75. The van der Waals surface area contributed by atoms with Gasteiger partial charge in [0.2, 0.25) is 0 Å². The Morgan fingerprint density at radius 2 is 2.14 bits per heavy atom. The molecule has 0 N–H and O–H groups in total. The molecule has 0 fully saturated rings. The van der Waals surface area contributed by atoms with Crippen LogP contribution in [0.1, 0.15) is 11.4 Å². The number of nitrogens with zero attached hydrogens (tertiary/aromatic N) is 5. The van der Waals surface area contributed by atoms with Gasteiger partial charge in [0.15, 0.2) is 0 Å². The van der Waals surface area contributed by atoms with Crippen molar-refractivity contribution in [3.63, 3.8) is 0 Å². The van der Waals surface area contributed by atoms with Crippen molar-refractivity contribution < 1.29 is 4.74 Å². The van der Waals surface area contributed by atoms with E-state index in [2.05, 4.69) is 15.2 Å². The molecule has 2 heterocycles. The first-order valence-electron chi connectivity index (χ1n) is 6.89. The largest absolute Gasteiger partial charge is 0.494 e. The minimum absolute atomic E-state index is 0.625. The molecule has 22 heavy (non-hydrogen) atoms. The van der Waals surface area contributed by atoms with Gasteiger partial charge in [-0.15, -0.1) is 0 Å². The first kappa shape index (κ1) is 14.6. The summed E-state index contributed by atoms with van der Waals surface area (Å²) in [6, 6.07) is 5.42. The molecule has 1 aromatic carbocycles. The topological polar surface area (TPSA) is 57.8 Å². The highest BCUT2D eigenvalue weighted by Crippen LogP contribution is 2.26. The van der Waals surface area contributed by atoms with Crippen molar-refractivity contribution in [2.75, 3.05) is 7.11 Å². The number of aromatic nitrogens is 5. The summed E-state index contributed by atoms with van der Waals surface area (Å²) in [6.07, 6.45) is 6.08. The molecule has 0 saturated heterocycles. The number of halogens is 1. The van der Waals surface area contributed by atoms with Crippen LogP contribution in [0.15, 0.2) is 36.9 Å². The Bertz CT molecular complexity index is 780. The van der Waals surface area contributed by atoms with Crippen molar-refractivity contribution in [1.82, 2.24) is 24.5 Å². The van der Waals surface area contributed by atoms with Gasteiger partial charge in [0.05, 0.1) is 13.3 Å². The first-order chi connectivity index (χ1) is 10.7. The van der Waals surface area contributed by atoms with Crippen LogP contribution in [0.5, 0.6) is 5.75 Å². The predicted octanol–water partition coefficient (Wildman–Crippen LogP) is 2.68. The van der Waals surface area contributed by atoms with Crippen LogP contribution in [0.4, 0.5) is 0 Å². The average molecular weight is 318 g/mol. The molecule has 0 radical (unpaired) electrons. The molecule has 0 aliphatic rings. The van der Waals surface area contributed by atoms with Gasteiger partial charge in [0.1, 0.15) is 23.6 Å². The molecule has 0 atom stereocenters. The third kappa shape index (κ3) is 2.96. The molecule has 0 unspecified atom stereocenters. The smallest absolute Gasteiger partial charge is 0.144 e. The molecule has 7 heteroatoms. The molecule has 0 bridgehead atoms. The van der Waals surface area contributed by atoms with Gasteiger partial charge in [-0.25, -0.2) is 9.67 Å². The van der Waals surface area contributed by atoms with Crippen LogP contribution in [0, 0.1) is 6.92 Å². The van der Waals surface area contributed by atoms with Gasteiger partial charge in [-0.2, -0.15) is 10.2 Å². The highest BCUT2D eigenvalue weighted by Gasteiger charge is 2.12. The summed E-state index contributed by atoms with van der Waals surface area (Å²) in [4.78, 5) is 4.33. The second-order valence-electron chi connectivity index (χ2n) is 4.93. The Balaban J connectivity index is 1.87. The maximum Gasteiger partial charge on any atom is 0.144 e. The third-order valence-corrected chi connectivity index (χ3v) is 3.55. The standard InChI is InChI=1S/C15H16ClN5O/c1-11-8-18-20(9-11)6-5-15-17-10-19-21(15)13-7-12(16)3-4-14(13)22-2/h3-4,7-10H,5-6H2,1-2H3. The van der Waals surface area contributed by atoms with E-state index in [0.717, 1.165) is 23.6 Å². The van der Waals surface area contributed by atoms with Gasteiger partial charge in [-0.1, -0.05) is 11.6 Å². The third-order valence-electron chi connectivity index (χ3n) is 3.31. The molecular formula is C15H16ClN5O. The monoisotopic (exact) mass is 317 g/mol. The van der Waals surface area contributed by atoms with E-state index in [1.165, 1.54) is 6.33 Å². The van der Waals surface area contributed by atoms with Crippen molar-refractivity contribution in [2.45, 2.75) is 19.9 Å². The fraction of sp³-hybridized carbons (Fsp3) is 0.267. The lowest BCUT2D eigenvalue weighted by atomic mass is 10.3. The first-order valence-corrected chi connectivity index (χ1v) is 7.27. The Morgan fingerprint density at radius 1 is 1.27 bits per heavy atom. The number of methoxy groups -OCH3 is 1. The molecule has 3 rings (SSSR count). The van der Waals surface area contributed by atoms with Crippen LogP contribution in [-0.4, -0.2) is 31.7 Å². The fourth-order valence-corrected chi connectivity index (χ4v) is 2.44. The Morgan fingerprint density at radius 3 is 2.86 bits per heavy atom. The molecule has 0 spiro atoms. The van der Waals surface area contributed by atoms with E-state index < -0.39 is 0 Å². The lowest BCUT2D eigenvalue weighted by Gasteiger charge is -2.11. The average Bonchev–Trinajstić information content (AvgIpc) is 3.13. The second kappa shape index (κ2) is 6.19. The lowest BCUT2D eigenvalue weighted by molar-refractivity contribution is 0.411. The number of aryl methyl sites for hydroxylation is 3. The summed E-state index contributed by atoms with van der Waals surface area (Å²) in [7, 11) is 1.62. The minimum atomic E-state index is 0.625. The van der Waals surface area contributed by atoms with Crippen molar-refractivity contribution in [3.8, 4) is 11.4 Å². The molecule has 2 aromatic heterocycles. The highest BCUT2D eigenvalue weighted by molar-refractivity contribution is 6.30. The van der Waals surface area contributed by atoms with E-state index in [9.17, 15) is 0 Å². The number of hydrogen-bond donors (Lipinski definition) is 0. The molecule has 114 valence electrons. The molecule has 0 saturated carbocycles. The predicted molar refractivity (Wildman–Crippen MR) is 83.6 cm³/mol. The maximum absolute atomic E-state index is 6.09. The quantitative estimate of drug-likeness (QED) is 0.726. The number of ether oxygens (including phenoxy) is 1. The van der Waals surface area contributed by atoms with Gasteiger partial charge in [-0.3, -0.25) is 4.68 Å². The summed E-state index contributed by atoms with van der Waals surface area (Å²) in [5.74, 6) is 1.53. The summed E-state index contributed by atoms with van der Waals surface area (Å²) in [5.41, 5.74) is 1.91. The SMILES string of the molecule is COc1ccc(Cl)cc1-n1ncnc1CCn1cc(C)cn1. The zero-order valence-corrected chi connectivity index (χ0v) is 13.2. The van der Waals surface area contributed by atoms with E-state index in [0.29, 0.717) is 17.2 Å². The second-order valence-corrected chi connectivity index (χ2v) is 5.37. The Labute approximate surface area is 133 Å². The van der Waals surface area contributed by atoms with Crippen LogP contribution in [-0.2, 0) is 13.0 Å². The van der Waals surface area contributed by atoms with E-state index in [-0.39, 0.29) is 0 Å². The summed E-state index contributed by atoms with van der Waals surface area (Å²) < 4.78 is 9.02. The molecular weight excluding hydrogens is 302 g/mol. The highest BCUT2D eigenvalue weighted by atomic mass is 35.5. The maximum atomic E-state index is 6.09. The van der Waals surface area contributed by atoms with E-state index >= 15 is 0 Å². The molecule has 0 aliphatic carbocycles. The zero-order valence-electron chi connectivity index (χ0n) is 12.4. The normalized spacial score (nSPS) is 10.9. The molecule has 3 aromatic rings. The molecule has 0 amide bonds. The number of benzene rings is 1.